The molecule has 1 heterocycles. The van der Waals surface area contributed by atoms with Crippen molar-refractivity contribution in [3.63, 3.8) is 0 Å². The topological polar surface area (TPSA) is 6.48 Å². The van der Waals surface area contributed by atoms with Crippen LogP contribution in [0.4, 0.5) is 0 Å². The van der Waals surface area contributed by atoms with E-state index in [9.17, 15) is 0 Å². The molecule has 1 aliphatic heterocycles. The first-order valence-corrected chi connectivity index (χ1v) is 8.07. The van der Waals surface area contributed by atoms with E-state index in [-0.39, 0.29) is 0 Å². The zero-order chi connectivity index (χ0) is 13.0. The summed E-state index contributed by atoms with van der Waals surface area (Å²) in [7, 11) is 4.62. The van der Waals surface area contributed by atoms with E-state index in [1.807, 2.05) is 0 Å². The number of hydrogen-bond acceptors (Lipinski definition) is 2. The molecule has 0 unspecified atom stereocenters. The Labute approximate surface area is 114 Å². The molecule has 2 fully saturated rings. The summed E-state index contributed by atoms with van der Waals surface area (Å²) in [6.45, 7) is 6.29. The van der Waals surface area contributed by atoms with Crippen LogP contribution in [0.1, 0.15) is 51.9 Å². The first kappa shape index (κ1) is 14.3. The molecule has 0 aromatic carbocycles. The zero-order valence-electron chi connectivity index (χ0n) is 12.7. The lowest BCUT2D eigenvalue weighted by atomic mass is 9.80. The van der Waals surface area contributed by atoms with Gasteiger partial charge in [0.15, 0.2) is 0 Å². The van der Waals surface area contributed by atoms with Crippen molar-refractivity contribution < 1.29 is 0 Å². The lowest BCUT2D eigenvalue weighted by molar-refractivity contribution is 0.114. The minimum Gasteiger partial charge on any atom is -0.306 e. The molecule has 106 valence electrons. The van der Waals surface area contributed by atoms with Crippen molar-refractivity contribution in [3.8, 4) is 0 Å². The van der Waals surface area contributed by atoms with Crippen LogP contribution in [0.2, 0.25) is 0 Å². The van der Waals surface area contributed by atoms with Gasteiger partial charge in [0.1, 0.15) is 0 Å². The van der Waals surface area contributed by atoms with Crippen molar-refractivity contribution in [2.75, 3.05) is 33.7 Å². The van der Waals surface area contributed by atoms with Crippen LogP contribution >= 0.6 is 0 Å². The van der Waals surface area contributed by atoms with Gasteiger partial charge in [-0.15, -0.1) is 0 Å². The molecule has 0 bridgehead atoms. The van der Waals surface area contributed by atoms with E-state index >= 15 is 0 Å². The summed E-state index contributed by atoms with van der Waals surface area (Å²) >= 11 is 0. The largest absolute Gasteiger partial charge is 0.306 e. The number of hydrogen-bond donors (Lipinski definition) is 0. The highest BCUT2D eigenvalue weighted by atomic mass is 15.2. The Morgan fingerprint density at radius 1 is 0.944 bits per heavy atom. The molecule has 1 saturated carbocycles. The Kier molecular flexibility index (Phi) is 5.50. The average Bonchev–Trinajstić information content (AvgIpc) is 2.40. The van der Waals surface area contributed by atoms with E-state index in [0.29, 0.717) is 0 Å². The molecule has 2 aliphatic rings. The van der Waals surface area contributed by atoms with E-state index in [1.165, 1.54) is 64.6 Å². The fourth-order valence-corrected chi connectivity index (χ4v) is 3.81. The smallest absolute Gasteiger partial charge is 0.0117 e. The third kappa shape index (κ3) is 3.96. The van der Waals surface area contributed by atoms with Gasteiger partial charge in [0.25, 0.3) is 0 Å². The summed E-state index contributed by atoms with van der Waals surface area (Å²) in [5.74, 6) is 2.02. The average molecular weight is 252 g/mol. The number of rotatable bonds is 4. The zero-order valence-corrected chi connectivity index (χ0v) is 12.7. The molecule has 2 rings (SSSR count). The quantitative estimate of drug-likeness (QED) is 0.758. The standard InChI is InChI=1S/C16H32N2/c1-4-14-5-7-15(8-6-14)13-18(3)16-9-11-17(2)12-10-16/h14-16H,4-13H2,1-3H3. The third-order valence-corrected chi connectivity index (χ3v) is 5.40. The second kappa shape index (κ2) is 6.91. The highest BCUT2D eigenvalue weighted by Crippen LogP contribution is 2.31. The molecule has 0 atom stereocenters. The van der Waals surface area contributed by atoms with Gasteiger partial charge in [0.05, 0.1) is 0 Å². The summed E-state index contributed by atoms with van der Waals surface area (Å²) in [5, 5.41) is 0. The van der Waals surface area contributed by atoms with Gasteiger partial charge in [-0.2, -0.15) is 0 Å². The molecule has 18 heavy (non-hydrogen) atoms. The Morgan fingerprint density at radius 3 is 2.06 bits per heavy atom. The van der Waals surface area contributed by atoms with Crippen molar-refractivity contribution in [2.24, 2.45) is 11.8 Å². The van der Waals surface area contributed by atoms with Gasteiger partial charge in [0.2, 0.25) is 0 Å². The minimum absolute atomic E-state index is 0.852. The van der Waals surface area contributed by atoms with E-state index in [1.54, 1.807) is 0 Å². The van der Waals surface area contributed by atoms with Gasteiger partial charge in [0, 0.05) is 12.6 Å². The van der Waals surface area contributed by atoms with Crippen LogP contribution in [0.3, 0.4) is 0 Å². The van der Waals surface area contributed by atoms with Gasteiger partial charge >= 0.3 is 0 Å². The highest BCUT2D eigenvalue weighted by Gasteiger charge is 2.25. The van der Waals surface area contributed by atoms with Crippen LogP contribution in [-0.2, 0) is 0 Å². The van der Waals surface area contributed by atoms with Crippen LogP contribution in [0.15, 0.2) is 0 Å². The Bertz CT molecular complexity index is 225. The van der Waals surface area contributed by atoms with Gasteiger partial charge in [-0.1, -0.05) is 26.2 Å². The van der Waals surface area contributed by atoms with E-state index in [4.69, 9.17) is 0 Å². The number of piperidine rings is 1. The Morgan fingerprint density at radius 2 is 1.50 bits per heavy atom. The second-order valence-corrected chi connectivity index (χ2v) is 6.77. The normalized spacial score (nSPS) is 32.0. The van der Waals surface area contributed by atoms with E-state index in [0.717, 1.165) is 17.9 Å². The highest BCUT2D eigenvalue weighted by molar-refractivity contribution is 4.80. The predicted molar refractivity (Wildman–Crippen MR) is 78.9 cm³/mol. The monoisotopic (exact) mass is 252 g/mol. The van der Waals surface area contributed by atoms with Crippen LogP contribution in [-0.4, -0.2) is 49.6 Å². The molecule has 0 aromatic heterocycles. The fraction of sp³-hybridized carbons (Fsp3) is 1.00. The maximum absolute atomic E-state index is 2.67. The molecule has 0 N–H and O–H groups in total. The van der Waals surface area contributed by atoms with Crippen LogP contribution in [0.25, 0.3) is 0 Å². The summed E-state index contributed by atoms with van der Waals surface area (Å²) < 4.78 is 0. The van der Waals surface area contributed by atoms with Crippen LogP contribution in [0.5, 0.6) is 0 Å². The van der Waals surface area contributed by atoms with E-state index in [2.05, 4.69) is 30.8 Å². The molecule has 0 aromatic rings. The van der Waals surface area contributed by atoms with E-state index < -0.39 is 0 Å². The van der Waals surface area contributed by atoms with Crippen LogP contribution in [0, 0.1) is 11.8 Å². The lowest BCUT2D eigenvalue weighted by Crippen LogP contribution is -2.43. The first-order valence-electron chi connectivity index (χ1n) is 8.07. The lowest BCUT2D eigenvalue weighted by Gasteiger charge is -2.38. The summed E-state index contributed by atoms with van der Waals surface area (Å²) in [5.41, 5.74) is 0. The summed E-state index contributed by atoms with van der Waals surface area (Å²) in [6.07, 6.45) is 10.1. The number of nitrogens with zero attached hydrogens (tertiary/aromatic N) is 2. The summed E-state index contributed by atoms with van der Waals surface area (Å²) in [4.78, 5) is 5.14. The molecular formula is C16H32N2. The maximum Gasteiger partial charge on any atom is 0.0117 e. The molecule has 2 nitrogen and oxygen atoms in total. The molecule has 1 aliphatic carbocycles. The van der Waals surface area contributed by atoms with Crippen molar-refractivity contribution in [2.45, 2.75) is 57.9 Å². The summed E-state index contributed by atoms with van der Waals surface area (Å²) in [6, 6.07) is 0.852. The number of likely N-dealkylation sites (tertiary alicyclic amines) is 1. The SMILES string of the molecule is CCC1CCC(CN(C)C2CCN(C)CC2)CC1. The van der Waals surface area contributed by atoms with Crippen LogP contribution < -0.4 is 0 Å². The molecule has 0 radical (unpaired) electrons. The van der Waals surface area contributed by atoms with Gasteiger partial charge < -0.3 is 9.80 Å². The van der Waals surface area contributed by atoms with Gasteiger partial charge in [-0.25, -0.2) is 0 Å². The molecule has 0 amide bonds. The molecular weight excluding hydrogens is 220 g/mol. The van der Waals surface area contributed by atoms with Crippen molar-refractivity contribution in [1.82, 2.24) is 9.80 Å². The third-order valence-electron chi connectivity index (χ3n) is 5.40. The molecule has 2 heteroatoms. The van der Waals surface area contributed by atoms with Gasteiger partial charge in [-0.05, 0) is 64.7 Å². The maximum atomic E-state index is 2.67. The van der Waals surface area contributed by atoms with Crippen molar-refractivity contribution in [1.29, 1.82) is 0 Å². The Balaban J connectivity index is 1.69. The van der Waals surface area contributed by atoms with Crippen molar-refractivity contribution in [3.05, 3.63) is 0 Å². The molecule has 0 spiro atoms. The minimum atomic E-state index is 0.852. The second-order valence-electron chi connectivity index (χ2n) is 6.77. The molecule has 1 saturated heterocycles. The fourth-order valence-electron chi connectivity index (χ4n) is 3.81. The van der Waals surface area contributed by atoms with Gasteiger partial charge in [-0.3, -0.25) is 0 Å². The predicted octanol–water partition coefficient (Wildman–Crippen LogP) is 3.23. The Hall–Kier alpha value is -0.0800. The first-order chi connectivity index (χ1) is 8.69. The van der Waals surface area contributed by atoms with Crippen molar-refractivity contribution >= 4 is 0 Å².